The first kappa shape index (κ1) is 4.80. The van der Waals surface area contributed by atoms with E-state index in [1.807, 2.05) is 0 Å². The number of hydrogen-bond donors (Lipinski definition) is 1. The van der Waals surface area contributed by atoms with Crippen molar-refractivity contribution in [1.29, 1.82) is 0 Å². The van der Waals surface area contributed by atoms with Gasteiger partial charge in [-0.3, -0.25) is 0 Å². The summed E-state index contributed by atoms with van der Waals surface area (Å²) in [5.74, 6) is 1.06. The summed E-state index contributed by atoms with van der Waals surface area (Å²) in [6.45, 7) is 3.57. The SMILES string of the molecule is CC[C@]12C[C@H]1CCN2. The van der Waals surface area contributed by atoms with Crippen molar-refractivity contribution in [3.63, 3.8) is 0 Å². The van der Waals surface area contributed by atoms with Crippen molar-refractivity contribution in [2.24, 2.45) is 5.92 Å². The maximum absolute atomic E-state index is 3.56. The second kappa shape index (κ2) is 1.27. The molecule has 0 bridgehead atoms. The van der Waals surface area contributed by atoms with E-state index in [-0.39, 0.29) is 0 Å². The first-order valence-corrected chi connectivity index (χ1v) is 3.62. The van der Waals surface area contributed by atoms with Crippen LogP contribution in [0.15, 0.2) is 0 Å². The summed E-state index contributed by atoms with van der Waals surface area (Å²) in [5, 5.41) is 3.56. The van der Waals surface area contributed by atoms with Crippen molar-refractivity contribution in [1.82, 2.24) is 5.32 Å². The average Bonchev–Trinajstić information content (AvgIpc) is 2.38. The van der Waals surface area contributed by atoms with Gasteiger partial charge in [0.2, 0.25) is 0 Å². The molecule has 1 N–H and O–H groups in total. The van der Waals surface area contributed by atoms with E-state index in [1.54, 1.807) is 0 Å². The topological polar surface area (TPSA) is 12.0 Å². The van der Waals surface area contributed by atoms with E-state index in [0.29, 0.717) is 5.54 Å². The van der Waals surface area contributed by atoms with Crippen LogP contribution < -0.4 is 5.32 Å². The summed E-state index contributed by atoms with van der Waals surface area (Å²) >= 11 is 0. The first-order valence-electron chi connectivity index (χ1n) is 3.62. The maximum Gasteiger partial charge on any atom is 0.0211 e. The Morgan fingerprint density at radius 2 is 2.62 bits per heavy atom. The van der Waals surface area contributed by atoms with Crippen LogP contribution in [0.2, 0.25) is 0 Å². The molecule has 1 saturated heterocycles. The van der Waals surface area contributed by atoms with E-state index in [1.165, 1.54) is 25.8 Å². The lowest BCUT2D eigenvalue weighted by atomic mass is 10.2. The Morgan fingerprint density at radius 1 is 1.75 bits per heavy atom. The standard InChI is InChI=1S/C7H13N/c1-2-7-5-6(7)3-4-8-7/h6,8H,2-5H2,1H3/t6-,7+/m1/s1. The highest BCUT2D eigenvalue weighted by molar-refractivity contribution is 5.13. The molecule has 0 aromatic heterocycles. The smallest absolute Gasteiger partial charge is 0.0211 e. The molecule has 1 heteroatoms. The van der Waals surface area contributed by atoms with Crippen molar-refractivity contribution in [3.05, 3.63) is 0 Å². The Balaban J connectivity index is 2.08. The molecule has 1 aliphatic carbocycles. The minimum Gasteiger partial charge on any atom is -0.311 e. The summed E-state index contributed by atoms with van der Waals surface area (Å²) in [7, 11) is 0. The molecule has 0 spiro atoms. The quantitative estimate of drug-likeness (QED) is 0.535. The summed E-state index contributed by atoms with van der Waals surface area (Å²) in [5.41, 5.74) is 0.653. The fourth-order valence-corrected chi connectivity index (χ4v) is 2.03. The van der Waals surface area contributed by atoms with E-state index >= 15 is 0 Å². The Labute approximate surface area is 50.5 Å². The fraction of sp³-hybridized carbons (Fsp3) is 1.00. The molecule has 1 aliphatic heterocycles. The molecule has 1 nitrogen and oxygen atoms in total. The van der Waals surface area contributed by atoms with E-state index in [4.69, 9.17) is 0 Å². The lowest BCUT2D eigenvalue weighted by molar-refractivity contribution is 0.531. The molecule has 46 valence electrons. The number of fused-ring (bicyclic) bond motifs is 1. The third kappa shape index (κ3) is 0.408. The van der Waals surface area contributed by atoms with Gasteiger partial charge in [-0.25, -0.2) is 0 Å². The molecule has 8 heavy (non-hydrogen) atoms. The molecule has 0 amide bonds. The second-order valence-corrected chi connectivity index (χ2v) is 3.13. The molecular formula is C7H13N. The van der Waals surface area contributed by atoms with Crippen LogP contribution in [0.5, 0.6) is 0 Å². The van der Waals surface area contributed by atoms with Gasteiger partial charge in [0.25, 0.3) is 0 Å². The van der Waals surface area contributed by atoms with Gasteiger partial charge in [-0.15, -0.1) is 0 Å². The van der Waals surface area contributed by atoms with Crippen LogP contribution in [-0.4, -0.2) is 12.1 Å². The van der Waals surface area contributed by atoms with Gasteiger partial charge in [0, 0.05) is 5.54 Å². The van der Waals surface area contributed by atoms with Crippen LogP contribution in [0, 0.1) is 5.92 Å². The van der Waals surface area contributed by atoms with Crippen molar-refractivity contribution in [2.75, 3.05) is 6.54 Å². The van der Waals surface area contributed by atoms with Gasteiger partial charge in [-0.1, -0.05) is 6.92 Å². The number of piperidine rings is 1. The highest BCUT2D eigenvalue weighted by atomic mass is 15.1. The molecule has 0 aromatic rings. The summed E-state index contributed by atoms with van der Waals surface area (Å²) < 4.78 is 0. The predicted octanol–water partition coefficient (Wildman–Crippen LogP) is 1.15. The fourth-order valence-electron chi connectivity index (χ4n) is 2.03. The molecule has 1 heterocycles. The number of rotatable bonds is 1. The average molecular weight is 111 g/mol. The first-order chi connectivity index (χ1) is 3.87. The molecule has 0 radical (unpaired) electrons. The van der Waals surface area contributed by atoms with Crippen LogP contribution >= 0.6 is 0 Å². The Morgan fingerprint density at radius 3 is 2.88 bits per heavy atom. The molecule has 2 fully saturated rings. The van der Waals surface area contributed by atoms with Crippen molar-refractivity contribution < 1.29 is 0 Å². The van der Waals surface area contributed by atoms with Crippen LogP contribution in [0.25, 0.3) is 0 Å². The van der Waals surface area contributed by atoms with Gasteiger partial charge in [0.15, 0.2) is 0 Å². The highest BCUT2D eigenvalue weighted by Crippen LogP contribution is 2.51. The molecule has 2 aliphatic rings. The van der Waals surface area contributed by atoms with Gasteiger partial charge in [-0.05, 0) is 31.7 Å². The summed E-state index contributed by atoms with van der Waals surface area (Å²) in [4.78, 5) is 0. The van der Waals surface area contributed by atoms with E-state index < -0.39 is 0 Å². The largest absolute Gasteiger partial charge is 0.311 e. The normalized spacial score (nSPS) is 51.4. The Hall–Kier alpha value is -0.0400. The lowest BCUT2D eigenvalue weighted by Crippen LogP contribution is -2.26. The van der Waals surface area contributed by atoms with Crippen LogP contribution in [0.3, 0.4) is 0 Å². The lowest BCUT2D eigenvalue weighted by Gasteiger charge is -2.07. The molecule has 2 atom stereocenters. The summed E-state index contributed by atoms with van der Waals surface area (Å²) in [6.07, 6.45) is 4.25. The van der Waals surface area contributed by atoms with Crippen molar-refractivity contribution >= 4 is 0 Å². The number of nitrogens with one attached hydrogen (secondary N) is 1. The third-order valence-electron chi connectivity index (χ3n) is 2.83. The van der Waals surface area contributed by atoms with Crippen molar-refractivity contribution in [3.8, 4) is 0 Å². The molecule has 0 aromatic carbocycles. The molecule has 2 rings (SSSR count). The minimum absolute atomic E-state index is 0.653. The third-order valence-corrected chi connectivity index (χ3v) is 2.83. The second-order valence-electron chi connectivity index (χ2n) is 3.13. The molecule has 1 saturated carbocycles. The Kier molecular flexibility index (Phi) is 0.762. The van der Waals surface area contributed by atoms with E-state index in [9.17, 15) is 0 Å². The van der Waals surface area contributed by atoms with Crippen LogP contribution in [0.4, 0.5) is 0 Å². The van der Waals surface area contributed by atoms with E-state index in [2.05, 4.69) is 12.2 Å². The maximum atomic E-state index is 3.56. The molecular weight excluding hydrogens is 98.1 g/mol. The zero-order chi connectivity index (χ0) is 5.61. The van der Waals surface area contributed by atoms with Crippen molar-refractivity contribution in [2.45, 2.75) is 31.7 Å². The zero-order valence-electron chi connectivity index (χ0n) is 5.41. The molecule has 0 unspecified atom stereocenters. The van der Waals surface area contributed by atoms with Gasteiger partial charge in [-0.2, -0.15) is 0 Å². The zero-order valence-corrected chi connectivity index (χ0v) is 5.41. The van der Waals surface area contributed by atoms with Gasteiger partial charge >= 0.3 is 0 Å². The van der Waals surface area contributed by atoms with Gasteiger partial charge in [0.1, 0.15) is 0 Å². The number of hydrogen-bond acceptors (Lipinski definition) is 1. The minimum atomic E-state index is 0.653. The highest BCUT2D eigenvalue weighted by Gasteiger charge is 2.55. The van der Waals surface area contributed by atoms with Gasteiger partial charge in [0.05, 0.1) is 0 Å². The van der Waals surface area contributed by atoms with E-state index in [0.717, 1.165) is 5.92 Å². The monoisotopic (exact) mass is 111 g/mol. The van der Waals surface area contributed by atoms with Crippen LogP contribution in [0.1, 0.15) is 26.2 Å². The predicted molar refractivity (Wildman–Crippen MR) is 33.7 cm³/mol. The Bertz CT molecular complexity index is 107. The van der Waals surface area contributed by atoms with Gasteiger partial charge < -0.3 is 5.32 Å². The van der Waals surface area contributed by atoms with Crippen LogP contribution in [-0.2, 0) is 0 Å². The summed E-state index contributed by atoms with van der Waals surface area (Å²) in [6, 6.07) is 0.